The second kappa shape index (κ2) is 11.7. The molecule has 0 saturated heterocycles. The van der Waals surface area contributed by atoms with Crippen molar-refractivity contribution < 1.29 is 8.83 Å². The summed E-state index contributed by atoms with van der Waals surface area (Å²) < 4.78 is 13.4. The lowest BCUT2D eigenvalue weighted by Gasteiger charge is -2.26. The summed E-state index contributed by atoms with van der Waals surface area (Å²) in [7, 11) is 0. The average molecular weight is 678 g/mol. The second-order valence-electron chi connectivity index (χ2n) is 13.6. The molecule has 0 bridgehead atoms. The van der Waals surface area contributed by atoms with Crippen molar-refractivity contribution in [2.24, 2.45) is 0 Å². The molecular formula is C50H31NO2. The Morgan fingerprint density at radius 3 is 1.68 bits per heavy atom. The highest BCUT2D eigenvalue weighted by molar-refractivity contribution is 6.33. The van der Waals surface area contributed by atoms with E-state index in [1.807, 2.05) is 12.1 Å². The van der Waals surface area contributed by atoms with Gasteiger partial charge in [-0.05, 0) is 86.9 Å². The zero-order valence-corrected chi connectivity index (χ0v) is 28.7. The maximum atomic E-state index is 7.20. The summed E-state index contributed by atoms with van der Waals surface area (Å²) in [5, 5.41) is 9.23. The van der Waals surface area contributed by atoms with E-state index in [1.54, 1.807) is 0 Å². The van der Waals surface area contributed by atoms with Crippen LogP contribution >= 0.6 is 0 Å². The van der Waals surface area contributed by atoms with Gasteiger partial charge in [0.25, 0.3) is 0 Å². The molecule has 0 aliphatic heterocycles. The molecule has 0 fully saturated rings. The van der Waals surface area contributed by atoms with Crippen molar-refractivity contribution in [3.8, 4) is 22.3 Å². The van der Waals surface area contributed by atoms with E-state index < -0.39 is 0 Å². The SMILES string of the molecule is c1ccc(-c2ccc(N(c3ccccc3)c3ccc(-c4ccc5c(c4)oc4ccccc45)cc3)c3oc4c5ccccc5c5ccccc5c4c23)cc1. The van der Waals surface area contributed by atoms with Crippen LogP contribution in [0, 0.1) is 0 Å². The number of furan rings is 2. The number of rotatable bonds is 5. The molecule has 0 unspecified atom stereocenters. The van der Waals surface area contributed by atoms with Gasteiger partial charge in [-0.1, -0.05) is 140 Å². The molecular weight excluding hydrogens is 647 g/mol. The molecule has 11 rings (SSSR count). The summed E-state index contributed by atoms with van der Waals surface area (Å²) >= 11 is 0. The summed E-state index contributed by atoms with van der Waals surface area (Å²) in [5.41, 5.74) is 11.2. The first-order valence-electron chi connectivity index (χ1n) is 18.0. The van der Waals surface area contributed by atoms with Crippen molar-refractivity contribution in [3.63, 3.8) is 0 Å². The van der Waals surface area contributed by atoms with Gasteiger partial charge in [0.05, 0.1) is 5.69 Å². The van der Waals surface area contributed by atoms with E-state index in [1.165, 1.54) is 16.2 Å². The summed E-state index contributed by atoms with van der Waals surface area (Å²) in [6.07, 6.45) is 0. The Morgan fingerprint density at radius 1 is 0.321 bits per heavy atom. The minimum absolute atomic E-state index is 0.853. The van der Waals surface area contributed by atoms with Crippen LogP contribution in [0.2, 0.25) is 0 Å². The monoisotopic (exact) mass is 677 g/mol. The fraction of sp³-hybridized carbons (Fsp3) is 0. The highest BCUT2D eigenvalue weighted by atomic mass is 16.3. The molecule has 3 nitrogen and oxygen atoms in total. The van der Waals surface area contributed by atoms with Gasteiger partial charge in [-0.15, -0.1) is 0 Å². The Labute approximate surface area is 305 Å². The Kier molecular flexibility index (Phi) is 6.55. The molecule has 0 radical (unpaired) electrons. The standard InChI is InChI=1S/C50H31NO2/c1-3-13-33(14-4-1)37-29-30-44(50-47(37)48-42-20-9-7-17-38(42)39-18-8-10-21-43(39)49(48)53-50)51(35-15-5-2-6-16-35)36-26-23-32(24-27-36)34-25-28-41-40-19-11-12-22-45(40)52-46(41)31-34/h1-31H. The predicted octanol–water partition coefficient (Wildman–Crippen LogP) is 14.6. The van der Waals surface area contributed by atoms with E-state index in [4.69, 9.17) is 8.83 Å². The molecule has 3 heteroatoms. The van der Waals surface area contributed by atoms with E-state index in [0.29, 0.717) is 0 Å². The van der Waals surface area contributed by atoms with E-state index in [9.17, 15) is 0 Å². The Morgan fingerprint density at radius 2 is 0.906 bits per heavy atom. The van der Waals surface area contributed by atoms with Crippen molar-refractivity contribution >= 4 is 82.5 Å². The lowest BCUT2D eigenvalue weighted by molar-refractivity contribution is 0.669. The van der Waals surface area contributed by atoms with Gasteiger partial charge in [0.2, 0.25) is 0 Å². The molecule has 0 aliphatic rings. The predicted molar refractivity (Wildman–Crippen MR) is 222 cm³/mol. The highest BCUT2D eigenvalue weighted by Gasteiger charge is 2.24. The molecule has 11 aromatic rings. The van der Waals surface area contributed by atoms with Crippen LogP contribution in [-0.2, 0) is 0 Å². The van der Waals surface area contributed by atoms with Gasteiger partial charge < -0.3 is 13.7 Å². The lowest BCUT2D eigenvalue weighted by atomic mass is 9.93. The normalized spacial score (nSPS) is 11.8. The average Bonchev–Trinajstić information content (AvgIpc) is 3.82. The van der Waals surface area contributed by atoms with Crippen molar-refractivity contribution in [2.75, 3.05) is 4.90 Å². The van der Waals surface area contributed by atoms with Crippen LogP contribution in [0.1, 0.15) is 0 Å². The minimum atomic E-state index is 0.853. The number of anilines is 3. The first kappa shape index (κ1) is 29.6. The van der Waals surface area contributed by atoms with Crippen LogP contribution in [0.5, 0.6) is 0 Å². The second-order valence-corrected chi connectivity index (χ2v) is 13.6. The number of para-hydroxylation sites is 2. The van der Waals surface area contributed by atoms with Crippen molar-refractivity contribution in [1.82, 2.24) is 0 Å². The third-order valence-corrected chi connectivity index (χ3v) is 10.7. The van der Waals surface area contributed by atoms with E-state index in [0.717, 1.165) is 88.6 Å². The van der Waals surface area contributed by atoms with Gasteiger partial charge in [0, 0.05) is 38.3 Å². The summed E-state index contributed by atoms with van der Waals surface area (Å²) in [5.74, 6) is 0. The van der Waals surface area contributed by atoms with Crippen LogP contribution in [0.4, 0.5) is 17.1 Å². The first-order chi connectivity index (χ1) is 26.3. The van der Waals surface area contributed by atoms with Gasteiger partial charge in [0.15, 0.2) is 5.58 Å². The maximum Gasteiger partial charge on any atom is 0.160 e. The molecule has 9 aromatic carbocycles. The van der Waals surface area contributed by atoms with Gasteiger partial charge in [0.1, 0.15) is 16.7 Å². The van der Waals surface area contributed by atoms with Crippen LogP contribution in [-0.4, -0.2) is 0 Å². The molecule has 0 atom stereocenters. The van der Waals surface area contributed by atoms with Crippen molar-refractivity contribution in [1.29, 1.82) is 0 Å². The fourth-order valence-electron chi connectivity index (χ4n) is 8.24. The molecule has 0 amide bonds. The summed E-state index contributed by atoms with van der Waals surface area (Å²) in [6, 6.07) is 66.5. The molecule has 2 heterocycles. The van der Waals surface area contributed by atoms with Crippen LogP contribution in [0.3, 0.4) is 0 Å². The minimum Gasteiger partial charge on any atom is -0.456 e. The fourth-order valence-corrected chi connectivity index (χ4v) is 8.24. The molecule has 0 saturated carbocycles. The molecule has 53 heavy (non-hydrogen) atoms. The Balaban J connectivity index is 1.15. The van der Waals surface area contributed by atoms with Crippen molar-refractivity contribution in [3.05, 3.63) is 188 Å². The van der Waals surface area contributed by atoms with E-state index >= 15 is 0 Å². The molecule has 2 aromatic heterocycles. The number of fused-ring (bicyclic) bond motifs is 11. The highest BCUT2D eigenvalue weighted by Crippen LogP contribution is 2.49. The third-order valence-electron chi connectivity index (χ3n) is 10.7. The molecule has 0 N–H and O–H groups in total. The summed E-state index contributed by atoms with van der Waals surface area (Å²) in [4.78, 5) is 2.32. The van der Waals surface area contributed by atoms with Gasteiger partial charge in [-0.2, -0.15) is 0 Å². The Bertz CT molecular complexity index is 3160. The van der Waals surface area contributed by atoms with Crippen LogP contribution in [0.25, 0.3) is 87.7 Å². The molecule has 0 spiro atoms. The smallest absolute Gasteiger partial charge is 0.160 e. The zero-order chi connectivity index (χ0) is 34.9. The number of nitrogens with zero attached hydrogens (tertiary/aromatic N) is 1. The first-order valence-corrected chi connectivity index (χ1v) is 18.0. The lowest BCUT2D eigenvalue weighted by Crippen LogP contribution is -2.10. The van der Waals surface area contributed by atoms with Gasteiger partial charge in [-0.3, -0.25) is 0 Å². The zero-order valence-electron chi connectivity index (χ0n) is 28.7. The van der Waals surface area contributed by atoms with E-state index in [2.05, 4.69) is 181 Å². The maximum absolute atomic E-state index is 7.20. The summed E-state index contributed by atoms with van der Waals surface area (Å²) in [6.45, 7) is 0. The van der Waals surface area contributed by atoms with Crippen LogP contribution in [0.15, 0.2) is 197 Å². The number of hydrogen-bond acceptors (Lipinski definition) is 3. The Hall–Kier alpha value is -7.10. The molecule has 248 valence electrons. The number of hydrogen-bond donors (Lipinski definition) is 0. The molecule has 0 aliphatic carbocycles. The van der Waals surface area contributed by atoms with Crippen molar-refractivity contribution in [2.45, 2.75) is 0 Å². The third kappa shape index (κ3) is 4.61. The number of benzene rings is 9. The largest absolute Gasteiger partial charge is 0.456 e. The van der Waals surface area contributed by atoms with Crippen LogP contribution < -0.4 is 4.90 Å². The van der Waals surface area contributed by atoms with Gasteiger partial charge >= 0.3 is 0 Å². The quantitative estimate of drug-likeness (QED) is 0.170. The van der Waals surface area contributed by atoms with Gasteiger partial charge in [-0.25, -0.2) is 0 Å². The topological polar surface area (TPSA) is 29.5 Å². The van der Waals surface area contributed by atoms with E-state index in [-0.39, 0.29) is 0 Å².